The molecule has 0 aliphatic heterocycles. The summed E-state index contributed by atoms with van der Waals surface area (Å²) in [6, 6.07) is 0. The van der Waals surface area contributed by atoms with E-state index in [0.29, 0.717) is 29.3 Å². The minimum absolute atomic E-state index is 0.101. The van der Waals surface area contributed by atoms with Gasteiger partial charge in [-0.15, -0.1) is 0 Å². The third-order valence-electron chi connectivity index (χ3n) is 4.57. The molecule has 1 aliphatic carbocycles. The lowest BCUT2D eigenvalue weighted by Gasteiger charge is -2.26. The van der Waals surface area contributed by atoms with E-state index in [1.165, 1.54) is 12.8 Å². The highest BCUT2D eigenvalue weighted by atomic mass is 16.4. The minimum Gasteiger partial charge on any atom is -0.477 e. The molecule has 1 heterocycles. The molecule has 0 spiro atoms. The Bertz CT molecular complexity index is 540. The van der Waals surface area contributed by atoms with Crippen molar-refractivity contribution in [1.29, 1.82) is 0 Å². The van der Waals surface area contributed by atoms with Crippen LogP contribution in [-0.2, 0) is 0 Å². The highest BCUT2D eigenvalue weighted by Gasteiger charge is 2.23. The van der Waals surface area contributed by atoms with Gasteiger partial charge in [-0.2, -0.15) is 0 Å². The van der Waals surface area contributed by atoms with Gasteiger partial charge in [0.2, 0.25) is 0 Å². The molecule has 0 radical (unpaired) electrons. The lowest BCUT2D eigenvalue weighted by atomic mass is 9.83. The van der Waals surface area contributed by atoms with E-state index in [2.05, 4.69) is 17.2 Å². The molecule has 5 nitrogen and oxygen atoms in total. The molecule has 0 saturated heterocycles. The van der Waals surface area contributed by atoms with Crippen LogP contribution in [0.15, 0.2) is 0 Å². The number of carboxylic acids is 1. The van der Waals surface area contributed by atoms with Crippen LogP contribution in [0.4, 0.5) is 0 Å². The highest BCUT2D eigenvalue weighted by molar-refractivity contribution is 6.00. The van der Waals surface area contributed by atoms with Crippen molar-refractivity contribution in [3.63, 3.8) is 0 Å². The van der Waals surface area contributed by atoms with Crippen molar-refractivity contribution in [3.8, 4) is 0 Å². The van der Waals surface area contributed by atoms with Gasteiger partial charge in [0, 0.05) is 12.2 Å². The predicted molar refractivity (Wildman–Crippen MR) is 80.7 cm³/mol. The van der Waals surface area contributed by atoms with E-state index in [1.807, 2.05) is 0 Å². The smallest absolute Gasteiger partial charge is 0.352 e. The van der Waals surface area contributed by atoms with Crippen molar-refractivity contribution in [1.82, 2.24) is 10.3 Å². The largest absolute Gasteiger partial charge is 0.477 e. The molecular weight excluding hydrogens is 268 g/mol. The maximum absolute atomic E-state index is 12.3. The van der Waals surface area contributed by atoms with E-state index < -0.39 is 5.97 Å². The van der Waals surface area contributed by atoms with Crippen LogP contribution in [0.1, 0.15) is 64.7 Å². The number of H-pyrrole nitrogens is 1. The van der Waals surface area contributed by atoms with Gasteiger partial charge in [0.05, 0.1) is 5.56 Å². The van der Waals surface area contributed by atoms with Crippen LogP contribution < -0.4 is 5.32 Å². The number of rotatable bonds is 4. The first kappa shape index (κ1) is 15.6. The molecule has 0 unspecified atom stereocenters. The van der Waals surface area contributed by atoms with Crippen molar-refractivity contribution < 1.29 is 14.7 Å². The molecule has 0 aromatic carbocycles. The summed E-state index contributed by atoms with van der Waals surface area (Å²) in [6.45, 7) is 6.35. The van der Waals surface area contributed by atoms with Gasteiger partial charge in [0.1, 0.15) is 5.69 Å². The van der Waals surface area contributed by atoms with Crippen LogP contribution in [0.3, 0.4) is 0 Å². The third kappa shape index (κ3) is 3.46. The third-order valence-corrected chi connectivity index (χ3v) is 4.57. The zero-order valence-corrected chi connectivity index (χ0v) is 13.0. The van der Waals surface area contributed by atoms with Crippen molar-refractivity contribution >= 4 is 11.9 Å². The predicted octanol–water partition coefficient (Wildman–Crippen LogP) is 2.89. The van der Waals surface area contributed by atoms with E-state index in [-0.39, 0.29) is 11.6 Å². The van der Waals surface area contributed by atoms with Crippen LogP contribution in [0.25, 0.3) is 0 Å². The van der Waals surface area contributed by atoms with Gasteiger partial charge in [-0.3, -0.25) is 4.79 Å². The monoisotopic (exact) mass is 292 g/mol. The van der Waals surface area contributed by atoms with E-state index >= 15 is 0 Å². The zero-order valence-electron chi connectivity index (χ0n) is 13.0. The Morgan fingerprint density at radius 3 is 2.38 bits per heavy atom. The minimum atomic E-state index is -1.03. The number of carbonyl (C=O) groups excluding carboxylic acids is 1. The Morgan fingerprint density at radius 2 is 1.86 bits per heavy atom. The first-order valence-corrected chi connectivity index (χ1v) is 7.60. The topological polar surface area (TPSA) is 82.2 Å². The Labute approximate surface area is 125 Å². The van der Waals surface area contributed by atoms with Gasteiger partial charge in [0.25, 0.3) is 5.91 Å². The summed E-state index contributed by atoms with van der Waals surface area (Å²) >= 11 is 0. The molecule has 5 heteroatoms. The second kappa shape index (κ2) is 6.33. The van der Waals surface area contributed by atoms with Gasteiger partial charge in [0.15, 0.2) is 0 Å². The Balaban J connectivity index is 1.99. The summed E-state index contributed by atoms with van der Waals surface area (Å²) in [5.41, 5.74) is 1.69. The molecule has 116 valence electrons. The molecule has 0 atom stereocenters. The Hall–Kier alpha value is -1.78. The fourth-order valence-electron chi connectivity index (χ4n) is 3.16. The van der Waals surface area contributed by atoms with Crippen molar-refractivity contribution in [2.45, 2.75) is 46.5 Å². The van der Waals surface area contributed by atoms with Crippen LogP contribution in [0, 0.1) is 25.7 Å². The average Bonchev–Trinajstić information content (AvgIpc) is 2.73. The molecule has 21 heavy (non-hydrogen) atoms. The molecule has 1 amide bonds. The second-order valence-electron chi connectivity index (χ2n) is 6.27. The Kier molecular flexibility index (Phi) is 4.70. The number of aromatic amines is 1. The first-order chi connectivity index (χ1) is 9.90. The maximum Gasteiger partial charge on any atom is 0.352 e. The summed E-state index contributed by atoms with van der Waals surface area (Å²) in [7, 11) is 0. The molecule has 2 rings (SSSR count). The highest BCUT2D eigenvalue weighted by Crippen LogP contribution is 2.27. The molecule has 1 fully saturated rings. The number of aromatic nitrogens is 1. The summed E-state index contributed by atoms with van der Waals surface area (Å²) < 4.78 is 0. The SMILES string of the molecule is Cc1[nH]c(C(=O)O)c(C)c1C(=O)NCC1CCC(C)CC1. The molecule has 3 N–H and O–H groups in total. The summed E-state index contributed by atoms with van der Waals surface area (Å²) in [4.78, 5) is 26.2. The number of hydrogen-bond acceptors (Lipinski definition) is 2. The van der Waals surface area contributed by atoms with Gasteiger partial charge >= 0.3 is 5.97 Å². The van der Waals surface area contributed by atoms with Crippen LogP contribution in [0.2, 0.25) is 0 Å². The molecule has 1 saturated carbocycles. The number of amides is 1. The molecule has 0 bridgehead atoms. The number of carbonyl (C=O) groups is 2. The summed E-state index contributed by atoms with van der Waals surface area (Å²) in [5.74, 6) is 0.135. The lowest BCUT2D eigenvalue weighted by Crippen LogP contribution is -2.31. The van der Waals surface area contributed by atoms with E-state index in [0.717, 1.165) is 18.8 Å². The van der Waals surface area contributed by atoms with Crippen LogP contribution in [0.5, 0.6) is 0 Å². The van der Waals surface area contributed by atoms with E-state index in [9.17, 15) is 9.59 Å². The summed E-state index contributed by atoms with van der Waals surface area (Å²) in [5, 5.41) is 12.0. The number of nitrogens with one attached hydrogen (secondary N) is 2. The quantitative estimate of drug-likeness (QED) is 0.798. The van der Waals surface area contributed by atoms with Crippen LogP contribution >= 0.6 is 0 Å². The molecule has 1 aromatic heterocycles. The first-order valence-electron chi connectivity index (χ1n) is 7.60. The van der Waals surface area contributed by atoms with Gasteiger partial charge < -0.3 is 15.4 Å². The van der Waals surface area contributed by atoms with Gasteiger partial charge in [-0.05, 0) is 44.1 Å². The summed E-state index contributed by atoms with van der Waals surface area (Å²) in [6.07, 6.45) is 4.78. The normalized spacial score (nSPS) is 22.0. The van der Waals surface area contributed by atoms with Crippen LogP contribution in [-0.4, -0.2) is 28.5 Å². The molecular formula is C16H24N2O3. The number of aryl methyl sites for hydroxylation is 1. The van der Waals surface area contributed by atoms with Gasteiger partial charge in [-0.1, -0.05) is 19.8 Å². The maximum atomic E-state index is 12.3. The number of hydrogen-bond donors (Lipinski definition) is 3. The van der Waals surface area contributed by atoms with E-state index in [4.69, 9.17) is 5.11 Å². The van der Waals surface area contributed by atoms with Crippen molar-refractivity contribution in [3.05, 3.63) is 22.5 Å². The average molecular weight is 292 g/mol. The Morgan fingerprint density at radius 1 is 1.24 bits per heavy atom. The second-order valence-corrected chi connectivity index (χ2v) is 6.27. The van der Waals surface area contributed by atoms with Gasteiger partial charge in [-0.25, -0.2) is 4.79 Å². The standard InChI is InChI=1S/C16H24N2O3/c1-9-4-6-12(7-5-9)8-17-15(19)13-10(2)14(16(20)21)18-11(13)3/h9,12,18H,4-8H2,1-3H3,(H,17,19)(H,20,21). The van der Waals surface area contributed by atoms with E-state index in [1.54, 1.807) is 13.8 Å². The number of aromatic carboxylic acids is 1. The van der Waals surface area contributed by atoms with Crippen molar-refractivity contribution in [2.24, 2.45) is 11.8 Å². The lowest BCUT2D eigenvalue weighted by molar-refractivity contribution is 0.0690. The fraction of sp³-hybridized carbons (Fsp3) is 0.625. The van der Waals surface area contributed by atoms with Crippen molar-refractivity contribution in [2.75, 3.05) is 6.54 Å². The molecule has 1 aromatic rings. The molecule has 1 aliphatic rings. The number of carboxylic acid groups (broad SMARTS) is 1. The zero-order chi connectivity index (χ0) is 15.6. The fourth-order valence-corrected chi connectivity index (χ4v) is 3.16.